The lowest BCUT2D eigenvalue weighted by molar-refractivity contribution is 0.568. The van der Waals surface area contributed by atoms with Crippen molar-refractivity contribution in [1.29, 1.82) is 0 Å². The van der Waals surface area contributed by atoms with E-state index in [0.29, 0.717) is 16.9 Å². The third-order valence-electron chi connectivity index (χ3n) is 4.00. The van der Waals surface area contributed by atoms with Crippen molar-refractivity contribution < 1.29 is 4.39 Å². The molecular formula is C20H27FN4. The molecular weight excluding hydrogens is 315 g/mol. The van der Waals surface area contributed by atoms with Crippen LogP contribution in [0.15, 0.2) is 49.0 Å². The Balaban J connectivity index is 1.61. The van der Waals surface area contributed by atoms with Crippen molar-refractivity contribution in [3.8, 4) is 0 Å². The summed E-state index contributed by atoms with van der Waals surface area (Å²) in [6, 6.07) is 13.3. The molecule has 0 saturated carbocycles. The van der Waals surface area contributed by atoms with Crippen LogP contribution in [0.1, 0.15) is 30.0 Å². The lowest BCUT2D eigenvalue weighted by Gasteiger charge is -2.14. The van der Waals surface area contributed by atoms with Gasteiger partial charge in [-0.25, -0.2) is 9.82 Å². The molecule has 0 aromatic heterocycles. The number of benzene rings is 2. The smallest absolute Gasteiger partial charge is 0.134 e. The van der Waals surface area contributed by atoms with Crippen LogP contribution in [-0.2, 0) is 13.0 Å². The molecule has 0 aliphatic heterocycles. The Morgan fingerprint density at radius 1 is 1.08 bits per heavy atom. The largest absolute Gasteiger partial charge is 0.398 e. The van der Waals surface area contributed by atoms with Crippen molar-refractivity contribution in [2.75, 3.05) is 18.8 Å². The Morgan fingerprint density at radius 3 is 2.48 bits per heavy atom. The summed E-state index contributed by atoms with van der Waals surface area (Å²) in [4.78, 5) is 0. The van der Waals surface area contributed by atoms with Crippen LogP contribution in [0.2, 0.25) is 0 Å². The van der Waals surface area contributed by atoms with E-state index in [4.69, 9.17) is 5.73 Å². The highest BCUT2D eigenvalue weighted by atomic mass is 19.1. The molecule has 2 aromatic rings. The molecule has 134 valence electrons. The molecule has 25 heavy (non-hydrogen) atoms. The van der Waals surface area contributed by atoms with Gasteiger partial charge in [0.25, 0.3) is 0 Å². The van der Waals surface area contributed by atoms with Gasteiger partial charge >= 0.3 is 0 Å². The van der Waals surface area contributed by atoms with Gasteiger partial charge in [-0.2, -0.15) is 0 Å². The summed E-state index contributed by atoms with van der Waals surface area (Å²) in [5.74, 6) is -0.380. The number of aryl methyl sites for hydroxylation is 1. The Morgan fingerprint density at radius 2 is 1.80 bits per heavy atom. The fourth-order valence-corrected chi connectivity index (χ4v) is 2.52. The molecule has 4 nitrogen and oxygen atoms in total. The minimum absolute atomic E-state index is 0.309. The monoisotopic (exact) mass is 342 g/mol. The molecule has 0 amide bonds. The summed E-state index contributed by atoms with van der Waals surface area (Å²) in [6.45, 7) is 8.46. The normalized spacial score (nSPS) is 10.6. The summed E-state index contributed by atoms with van der Waals surface area (Å²) in [5.41, 5.74) is 15.5. The van der Waals surface area contributed by atoms with Gasteiger partial charge in [-0.3, -0.25) is 0 Å². The quantitative estimate of drug-likeness (QED) is 0.304. The van der Waals surface area contributed by atoms with Gasteiger partial charge in [0.2, 0.25) is 0 Å². The predicted molar refractivity (Wildman–Crippen MR) is 103 cm³/mol. The van der Waals surface area contributed by atoms with Crippen LogP contribution in [0, 0.1) is 5.82 Å². The molecule has 0 aliphatic carbocycles. The number of rotatable bonds is 10. The van der Waals surface area contributed by atoms with E-state index < -0.39 is 0 Å². The molecule has 0 heterocycles. The van der Waals surface area contributed by atoms with Crippen LogP contribution in [0.3, 0.4) is 0 Å². The molecule has 2 aromatic carbocycles. The second kappa shape index (κ2) is 9.81. The number of anilines is 1. The van der Waals surface area contributed by atoms with Gasteiger partial charge in [0.15, 0.2) is 0 Å². The molecule has 2 rings (SSSR count). The third kappa shape index (κ3) is 5.89. The zero-order valence-corrected chi connectivity index (χ0v) is 14.7. The van der Waals surface area contributed by atoms with E-state index in [9.17, 15) is 4.39 Å². The van der Waals surface area contributed by atoms with Crippen molar-refractivity contribution >= 4 is 11.4 Å². The Kier molecular flexibility index (Phi) is 7.44. The van der Waals surface area contributed by atoms with Crippen molar-refractivity contribution in [1.82, 2.24) is 16.2 Å². The van der Waals surface area contributed by atoms with Gasteiger partial charge in [-0.15, -0.1) is 0 Å². The van der Waals surface area contributed by atoms with Gasteiger partial charge in [-0.05, 0) is 42.6 Å². The van der Waals surface area contributed by atoms with Crippen LogP contribution in [-0.4, -0.2) is 13.1 Å². The summed E-state index contributed by atoms with van der Waals surface area (Å²) in [7, 11) is 0. The first-order valence-corrected chi connectivity index (χ1v) is 8.62. The maximum Gasteiger partial charge on any atom is 0.134 e. The van der Waals surface area contributed by atoms with Gasteiger partial charge in [0.1, 0.15) is 5.82 Å². The molecule has 0 radical (unpaired) electrons. The van der Waals surface area contributed by atoms with E-state index in [2.05, 4.69) is 53.9 Å². The first-order chi connectivity index (χ1) is 12.1. The topological polar surface area (TPSA) is 62.1 Å². The first kappa shape index (κ1) is 19.0. The Hall–Kier alpha value is -2.37. The van der Waals surface area contributed by atoms with Gasteiger partial charge < -0.3 is 16.5 Å². The molecule has 5 heteroatoms. The van der Waals surface area contributed by atoms with Crippen LogP contribution in [0.5, 0.6) is 0 Å². The van der Waals surface area contributed by atoms with Crippen molar-refractivity contribution in [2.45, 2.75) is 26.3 Å². The van der Waals surface area contributed by atoms with Crippen molar-refractivity contribution in [2.24, 2.45) is 0 Å². The minimum atomic E-state index is -0.380. The van der Waals surface area contributed by atoms with E-state index in [-0.39, 0.29) is 5.82 Å². The van der Waals surface area contributed by atoms with E-state index in [1.54, 1.807) is 12.1 Å². The molecule has 0 bridgehead atoms. The number of hydrazine groups is 1. The number of nitrogens with one attached hydrogen (secondary N) is 3. The standard InChI is InChI=1S/C20H27FN4/c1-3-16-8-10-17(11-9-16)14-23-12-5-13-24-25-15(2)20-18(21)6-4-7-19(20)22/h4,6-11,23-25H,2-3,5,12-14,22H2,1H3. The number of halogens is 1. The average molecular weight is 342 g/mol. The Bertz CT molecular complexity index is 662. The van der Waals surface area contributed by atoms with Gasteiger partial charge in [0, 0.05) is 18.8 Å². The molecule has 5 N–H and O–H groups in total. The SMILES string of the molecule is C=C(NNCCCNCc1ccc(CC)cc1)c1c(N)cccc1F. The van der Waals surface area contributed by atoms with E-state index in [1.807, 2.05) is 0 Å². The van der Waals surface area contributed by atoms with Crippen LogP contribution in [0.4, 0.5) is 10.1 Å². The first-order valence-electron chi connectivity index (χ1n) is 8.62. The van der Waals surface area contributed by atoms with Crippen molar-refractivity contribution in [3.63, 3.8) is 0 Å². The minimum Gasteiger partial charge on any atom is -0.398 e. The molecule has 0 aliphatic rings. The summed E-state index contributed by atoms with van der Waals surface area (Å²) < 4.78 is 13.8. The number of nitrogens with two attached hydrogens (primary N) is 1. The highest BCUT2D eigenvalue weighted by Gasteiger charge is 2.08. The zero-order chi connectivity index (χ0) is 18.1. The van der Waals surface area contributed by atoms with Gasteiger partial charge in [0.05, 0.1) is 11.3 Å². The molecule has 0 unspecified atom stereocenters. The highest BCUT2D eigenvalue weighted by Crippen LogP contribution is 2.20. The zero-order valence-electron chi connectivity index (χ0n) is 14.7. The van der Waals surface area contributed by atoms with E-state index >= 15 is 0 Å². The van der Waals surface area contributed by atoms with Gasteiger partial charge in [-0.1, -0.05) is 43.8 Å². The molecule has 0 saturated heterocycles. The van der Waals surface area contributed by atoms with Crippen LogP contribution in [0.25, 0.3) is 5.70 Å². The fourth-order valence-electron chi connectivity index (χ4n) is 2.52. The lowest BCUT2D eigenvalue weighted by Crippen LogP contribution is -2.32. The maximum absolute atomic E-state index is 13.8. The number of hydrogen-bond donors (Lipinski definition) is 4. The van der Waals surface area contributed by atoms with Crippen molar-refractivity contribution in [3.05, 3.63) is 71.6 Å². The maximum atomic E-state index is 13.8. The molecule has 0 atom stereocenters. The second-order valence-corrected chi connectivity index (χ2v) is 5.93. The summed E-state index contributed by atoms with van der Waals surface area (Å²) in [5, 5.41) is 3.41. The number of nitrogen functional groups attached to an aromatic ring is 1. The predicted octanol–water partition coefficient (Wildman–Crippen LogP) is 3.22. The fraction of sp³-hybridized carbons (Fsp3) is 0.300. The highest BCUT2D eigenvalue weighted by molar-refractivity contribution is 5.72. The average Bonchev–Trinajstić information content (AvgIpc) is 2.61. The summed E-state index contributed by atoms with van der Waals surface area (Å²) in [6.07, 6.45) is 2.00. The van der Waals surface area contributed by atoms with Crippen LogP contribution >= 0.6 is 0 Å². The lowest BCUT2D eigenvalue weighted by atomic mass is 10.1. The van der Waals surface area contributed by atoms with E-state index in [1.165, 1.54) is 17.2 Å². The second-order valence-electron chi connectivity index (χ2n) is 5.93. The number of hydrogen-bond acceptors (Lipinski definition) is 4. The molecule has 0 fully saturated rings. The van der Waals surface area contributed by atoms with E-state index in [0.717, 1.165) is 32.5 Å². The van der Waals surface area contributed by atoms with Crippen LogP contribution < -0.4 is 21.9 Å². The molecule has 0 spiro atoms. The third-order valence-corrected chi connectivity index (χ3v) is 4.00. The summed E-state index contributed by atoms with van der Waals surface area (Å²) >= 11 is 0. The Labute approximate surface area is 149 Å².